The molecule has 1 fully saturated rings. The van der Waals surface area contributed by atoms with Gasteiger partial charge in [0.05, 0.1) is 18.1 Å². The average Bonchev–Trinajstić information content (AvgIpc) is 3.23. The second kappa shape index (κ2) is 6.68. The van der Waals surface area contributed by atoms with Gasteiger partial charge in [-0.05, 0) is 17.5 Å². The van der Waals surface area contributed by atoms with E-state index in [1.54, 1.807) is 4.57 Å². The van der Waals surface area contributed by atoms with Crippen molar-refractivity contribution >= 4 is 16.9 Å². The number of ether oxygens (including phenoxy) is 1. The van der Waals surface area contributed by atoms with E-state index in [1.165, 1.54) is 11.9 Å². The van der Waals surface area contributed by atoms with Crippen LogP contribution in [-0.4, -0.2) is 43.6 Å². The first kappa shape index (κ1) is 17.0. The van der Waals surface area contributed by atoms with Gasteiger partial charge in [0.25, 0.3) is 0 Å². The minimum atomic E-state index is -0.728. The van der Waals surface area contributed by atoms with E-state index in [2.05, 4.69) is 29.0 Å². The molecule has 0 amide bonds. The maximum atomic E-state index is 10.4. The zero-order valence-electron chi connectivity index (χ0n) is 14.5. The minimum absolute atomic E-state index is 0.130. The molecular formula is C19H22N4O3. The summed E-state index contributed by atoms with van der Waals surface area (Å²) in [7, 11) is 0. The summed E-state index contributed by atoms with van der Waals surface area (Å²) in [6, 6.07) is 8.27. The standard InChI is InChI=1S/C19H22N4O3/c1-2-11-3-5-12(6-4-11)14-8-23(18-16(14)17(20)21-10-22-18)19-15(25)7-13(9-24)26-19/h3-6,8,10,13,15,19,24-25H,2,7,9H2,1H3,(H2,20,21,22)/t13-,15+,19+/m0/s1. The first-order valence-electron chi connectivity index (χ1n) is 8.77. The van der Waals surface area contributed by atoms with E-state index in [0.29, 0.717) is 17.9 Å². The van der Waals surface area contributed by atoms with Crippen LogP contribution in [0, 0.1) is 0 Å². The normalized spacial score (nSPS) is 23.0. The van der Waals surface area contributed by atoms with E-state index in [-0.39, 0.29) is 12.7 Å². The fourth-order valence-electron chi connectivity index (χ4n) is 3.54. The predicted molar refractivity (Wildman–Crippen MR) is 98.4 cm³/mol. The molecule has 7 nitrogen and oxygen atoms in total. The van der Waals surface area contributed by atoms with Crippen LogP contribution in [0.3, 0.4) is 0 Å². The van der Waals surface area contributed by atoms with Crippen molar-refractivity contribution < 1.29 is 14.9 Å². The molecule has 1 aliphatic rings. The first-order valence-corrected chi connectivity index (χ1v) is 8.77. The second-order valence-corrected chi connectivity index (χ2v) is 6.59. The topological polar surface area (TPSA) is 106 Å². The molecule has 136 valence electrons. The number of aliphatic hydroxyl groups excluding tert-OH is 2. The molecule has 3 atom stereocenters. The number of anilines is 1. The Balaban J connectivity index is 1.86. The van der Waals surface area contributed by atoms with Crippen molar-refractivity contribution in [2.45, 2.75) is 38.2 Å². The van der Waals surface area contributed by atoms with Crippen LogP contribution < -0.4 is 5.73 Å². The molecule has 0 bridgehead atoms. The predicted octanol–water partition coefficient (Wildman–Crippen LogP) is 1.88. The number of rotatable bonds is 4. The maximum absolute atomic E-state index is 10.4. The zero-order valence-corrected chi connectivity index (χ0v) is 14.5. The van der Waals surface area contributed by atoms with Crippen LogP contribution in [0.2, 0.25) is 0 Å². The molecule has 1 saturated heterocycles. The molecule has 0 radical (unpaired) electrons. The molecule has 1 aliphatic heterocycles. The van der Waals surface area contributed by atoms with Crippen LogP contribution in [0.5, 0.6) is 0 Å². The van der Waals surface area contributed by atoms with E-state index in [1.807, 2.05) is 18.3 Å². The highest BCUT2D eigenvalue weighted by atomic mass is 16.5. The zero-order chi connectivity index (χ0) is 18.3. The maximum Gasteiger partial charge on any atom is 0.161 e. The lowest BCUT2D eigenvalue weighted by atomic mass is 10.0. The van der Waals surface area contributed by atoms with Crippen molar-refractivity contribution in [2.24, 2.45) is 0 Å². The summed E-state index contributed by atoms with van der Waals surface area (Å²) in [6.07, 6.45) is 2.91. The third kappa shape index (κ3) is 2.74. The van der Waals surface area contributed by atoms with Gasteiger partial charge in [0.1, 0.15) is 23.9 Å². The molecular weight excluding hydrogens is 332 g/mol. The van der Waals surface area contributed by atoms with Gasteiger partial charge in [0, 0.05) is 18.2 Å². The van der Waals surface area contributed by atoms with Crippen LogP contribution in [0.15, 0.2) is 36.8 Å². The molecule has 0 aliphatic carbocycles. The Kier molecular flexibility index (Phi) is 4.36. The summed E-state index contributed by atoms with van der Waals surface area (Å²) in [4.78, 5) is 8.50. The van der Waals surface area contributed by atoms with Crippen molar-refractivity contribution in [3.63, 3.8) is 0 Å². The molecule has 3 heterocycles. The number of aliphatic hydroxyl groups is 2. The van der Waals surface area contributed by atoms with Gasteiger partial charge < -0.3 is 25.3 Å². The van der Waals surface area contributed by atoms with Crippen LogP contribution in [0.1, 0.15) is 25.1 Å². The van der Waals surface area contributed by atoms with Gasteiger partial charge in [0.15, 0.2) is 6.23 Å². The van der Waals surface area contributed by atoms with Crippen LogP contribution in [-0.2, 0) is 11.2 Å². The van der Waals surface area contributed by atoms with Crippen molar-refractivity contribution in [2.75, 3.05) is 12.3 Å². The molecule has 4 N–H and O–H groups in total. The molecule has 0 unspecified atom stereocenters. The second-order valence-electron chi connectivity index (χ2n) is 6.59. The summed E-state index contributed by atoms with van der Waals surface area (Å²) in [6.45, 7) is 1.98. The van der Waals surface area contributed by atoms with Gasteiger partial charge in [-0.25, -0.2) is 9.97 Å². The Labute approximate surface area is 151 Å². The van der Waals surface area contributed by atoms with E-state index < -0.39 is 12.3 Å². The van der Waals surface area contributed by atoms with Crippen molar-refractivity contribution in [1.82, 2.24) is 14.5 Å². The van der Waals surface area contributed by atoms with Crippen LogP contribution in [0.25, 0.3) is 22.2 Å². The Hall–Kier alpha value is -2.48. The molecule has 0 spiro atoms. The van der Waals surface area contributed by atoms with Crippen LogP contribution >= 0.6 is 0 Å². The van der Waals surface area contributed by atoms with Crippen molar-refractivity contribution in [3.05, 3.63) is 42.4 Å². The molecule has 7 heteroatoms. The SMILES string of the molecule is CCc1ccc(-c2cn([C@@H]3O[C@H](CO)C[C@H]3O)c3ncnc(N)c23)cc1. The number of aryl methyl sites for hydroxylation is 1. The molecule has 4 rings (SSSR count). The number of hydrogen-bond donors (Lipinski definition) is 3. The highest BCUT2D eigenvalue weighted by molar-refractivity contribution is 6.00. The highest BCUT2D eigenvalue weighted by Crippen LogP contribution is 2.38. The molecule has 3 aromatic rings. The van der Waals surface area contributed by atoms with E-state index in [9.17, 15) is 10.2 Å². The number of aromatic nitrogens is 3. The number of fused-ring (bicyclic) bond motifs is 1. The summed E-state index contributed by atoms with van der Waals surface area (Å²) in [5.41, 5.74) is 9.89. The first-order chi connectivity index (χ1) is 12.6. The molecule has 26 heavy (non-hydrogen) atoms. The Morgan fingerprint density at radius 3 is 2.69 bits per heavy atom. The third-order valence-corrected chi connectivity index (χ3v) is 4.96. The molecule has 1 aromatic carbocycles. The van der Waals surface area contributed by atoms with Gasteiger partial charge in [-0.2, -0.15) is 0 Å². The fourth-order valence-corrected chi connectivity index (χ4v) is 3.54. The summed E-state index contributed by atoms with van der Waals surface area (Å²) in [5.74, 6) is 0.384. The molecule has 2 aromatic heterocycles. The lowest BCUT2D eigenvalue weighted by molar-refractivity contribution is -0.0483. The lowest BCUT2D eigenvalue weighted by Crippen LogP contribution is -2.19. The number of nitrogens with zero attached hydrogens (tertiary/aromatic N) is 3. The number of hydrogen-bond acceptors (Lipinski definition) is 6. The number of nitrogen functional groups attached to an aromatic ring is 1. The highest BCUT2D eigenvalue weighted by Gasteiger charge is 2.36. The van der Waals surface area contributed by atoms with Crippen LogP contribution in [0.4, 0.5) is 5.82 Å². The van der Waals surface area contributed by atoms with Gasteiger partial charge in [-0.3, -0.25) is 0 Å². The van der Waals surface area contributed by atoms with Gasteiger partial charge >= 0.3 is 0 Å². The fraction of sp³-hybridized carbons (Fsp3) is 0.368. The lowest BCUT2D eigenvalue weighted by Gasteiger charge is -2.17. The van der Waals surface area contributed by atoms with E-state index in [4.69, 9.17) is 10.5 Å². The van der Waals surface area contributed by atoms with Crippen molar-refractivity contribution in [3.8, 4) is 11.1 Å². The Bertz CT molecular complexity index is 922. The molecule has 0 saturated carbocycles. The average molecular weight is 354 g/mol. The third-order valence-electron chi connectivity index (χ3n) is 4.96. The quantitative estimate of drug-likeness (QED) is 0.660. The van der Waals surface area contributed by atoms with Crippen molar-refractivity contribution in [1.29, 1.82) is 0 Å². The largest absolute Gasteiger partial charge is 0.394 e. The smallest absolute Gasteiger partial charge is 0.161 e. The van der Waals surface area contributed by atoms with E-state index >= 15 is 0 Å². The summed E-state index contributed by atoms with van der Waals surface area (Å²) >= 11 is 0. The number of nitrogens with two attached hydrogens (primary N) is 1. The van der Waals surface area contributed by atoms with Gasteiger partial charge in [-0.15, -0.1) is 0 Å². The van der Waals surface area contributed by atoms with Gasteiger partial charge in [0.2, 0.25) is 0 Å². The summed E-state index contributed by atoms with van der Waals surface area (Å²) < 4.78 is 7.59. The monoisotopic (exact) mass is 354 g/mol. The Morgan fingerprint density at radius 1 is 1.27 bits per heavy atom. The summed E-state index contributed by atoms with van der Waals surface area (Å²) in [5, 5.41) is 20.5. The van der Waals surface area contributed by atoms with Gasteiger partial charge in [-0.1, -0.05) is 31.2 Å². The van der Waals surface area contributed by atoms with E-state index in [0.717, 1.165) is 22.9 Å². The number of benzene rings is 1. The Morgan fingerprint density at radius 2 is 2.04 bits per heavy atom. The minimum Gasteiger partial charge on any atom is -0.394 e.